The maximum Gasteiger partial charge on any atom is 0.220 e. The van der Waals surface area contributed by atoms with Gasteiger partial charge in [0.25, 0.3) is 0 Å². The van der Waals surface area contributed by atoms with Gasteiger partial charge in [-0.3, -0.25) is 4.79 Å². The van der Waals surface area contributed by atoms with Gasteiger partial charge in [0.05, 0.1) is 0 Å². The Kier molecular flexibility index (Phi) is 4.85. The standard InChI is InChI=1S/C20H22N2O2/c1-14-6-8-18-17(12-14)16(13-22-18)10-11-21-20(24)9-7-15-4-2-3-5-19(15)23/h2-6,8,12-13,22-23H,7,9-11H2,1H3,(H,21,24). The maximum atomic E-state index is 12.0. The summed E-state index contributed by atoms with van der Waals surface area (Å²) < 4.78 is 0. The molecule has 1 amide bonds. The number of para-hydroxylation sites is 1. The molecule has 1 heterocycles. The summed E-state index contributed by atoms with van der Waals surface area (Å²) in [7, 11) is 0. The molecule has 0 aliphatic carbocycles. The molecule has 0 fully saturated rings. The third-order valence-corrected chi connectivity index (χ3v) is 4.25. The molecule has 0 saturated heterocycles. The number of nitrogens with one attached hydrogen (secondary N) is 2. The lowest BCUT2D eigenvalue weighted by molar-refractivity contribution is -0.121. The lowest BCUT2D eigenvalue weighted by Crippen LogP contribution is -2.25. The van der Waals surface area contributed by atoms with Crippen LogP contribution < -0.4 is 5.32 Å². The topological polar surface area (TPSA) is 65.1 Å². The zero-order chi connectivity index (χ0) is 16.9. The molecule has 24 heavy (non-hydrogen) atoms. The smallest absolute Gasteiger partial charge is 0.220 e. The third kappa shape index (κ3) is 3.77. The number of amides is 1. The number of aromatic hydroxyl groups is 1. The lowest BCUT2D eigenvalue weighted by atomic mass is 10.1. The minimum Gasteiger partial charge on any atom is -0.508 e. The van der Waals surface area contributed by atoms with Crippen molar-refractivity contribution in [3.63, 3.8) is 0 Å². The van der Waals surface area contributed by atoms with E-state index in [1.165, 1.54) is 16.5 Å². The first-order valence-electron chi connectivity index (χ1n) is 8.23. The quantitative estimate of drug-likeness (QED) is 0.650. The number of fused-ring (bicyclic) bond motifs is 1. The van der Waals surface area contributed by atoms with Crippen molar-refractivity contribution in [2.75, 3.05) is 6.54 Å². The van der Waals surface area contributed by atoms with Gasteiger partial charge in [0.15, 0.2) is 0 Å². The van der Waals surface area contributed by atoms with E-state index < -0.39 is 0 Å². The van der Waals surface area contributed by atoms with Crippen LogP contribution in [0.1, 0.15) is 23.1 Å². The molecule has 0 radical (unpaired) electrons. The molecule has 0 atom stereocenters. The Balaban J connectivity index is 1.50. The molecule has 1 aromatic heterocycles. The Morgan fingerprint density at radius 3 is 2.79 bits per heavy atom. The second-order valence-electron chi connectivity index (χ2n) is 6.09. The normalized spacial score (nSPS) is 10.9. The van der Waals surface area contributed by atoms with E-state index in [0.29, 0.717) is 19.4 Å². The van der Waals surface area contributed by atoms with Crippen LogP contribution >= 0.6 is 0 Å². The van der Waals surface area contributed by atoms with Crippen molar-refractivity contribution in [1.82, 2.24) is 10.3 Å². The molecule has 4 heteroatoms. The maximum absolute atomic E-state index is 12.0. The predicted molar refractivity (Wildman–Crippen MR) is 96.2 cm³/mol. The zero-order valence-electron chi connectivity index (χ0n) is 13.8. The van der Waals surface area contributed by atoms with Crippen molar-refractivity contribution < 1.29 is 9.90 Å². The van der Waals surface area contributed by atoms with E-state index in [1.807, 2.05) is 18.3 Å². The molecule has 0 saturated carbocycles. The number of carbonyl (C=O) groups is 1. The Labute approximate surface area is 141 Å². The molecule has 2 aromatic carbocycles. The van der Waals surface area contributed by atoms with Crippen molar-refractivity contribution >= 4 is 16.8 Å². The van der Waals surface area contributed by atoms with Gasteiger partial charge in [0.1, 0.15) is 5.75 Å². The number of aromatic nitrogens is 1. The summed E-state index contributed by atoms with van der Waals surface area (Å²) in [5.74, 6) is 0.258. The molecule has 124 valence electrons. The summed E-state index contributed by atoms with van der Waals surface area (Å²) in [6.45, 7) is 2.69. The summed E-state index contributed by atoms with van der Waals surface area (Å²) in [6.07, 6.45) is 3.74. The molecular formula is C20H22N2O2. The average molecular weight is 322 g/mol. The van der Waals surface area contributed by atoms with Gasteiger partial charge in [-0.1, -0.05) is 29.8 Å². The zero-order valence-corrected chi connectivity index (χ0v) is 13.8. The number of benzene rings is 2. The molecule has 4 nitrogen and oxygen atoms in total. The molecule has 0 bridgehead atoms. The van der Waals surface area contributed by atoms with E-state index in [0.717, 1.165) is 17.5 Å². The first-order chi connectivity index (χ1) is 11.6. The number of aryl methyl sites for hydroxylation is 2. The number of rotatable bonds is 6. The van der Waals surface area contributed by atoms with Crippen LogP contribution in [0, 0.1) is 6.92 Å². The number of aromatic amines is 1. The molecule has 3 N–H and O–H groups in total. The van der Waals surface area contributed by atoms with Crippen LogP contribution in [0.25, 0.3) is 10.9 Å². The van der Waals surface area contributed by atoms with Gasteiger partial charge in [-0.25, -0.2) is 0 Å². The highest BCUT2D eigenvalue weighted by Gasteiger charge is 2.07. The number of carbonyl (C=O) groups excluding carboxylic acids is 1. The number of hydrogen-bond donors (Lipinski definition) is 3. The summed E-state index contributed by atoms with van der Waals surface area (Å²) >= 11 is 0. The Hall–Kier alpha value is -2.75. The van der Waals surface area contributed by atoms with Crippen LogP contribution in [0.2, 0.25) is 0 Å². The summed E-state index contributed by atoms with van der Waals surface area (Å²) in [4.78, 5) is 15.2. The molecular weight excluding hydrogens is 300 g/mol. The number of phenolic OH excluding ortho intramolecular Hbond substituents is 1. The van der Waals surface area contributed by atoms with Crippen LogP contribution in [0.5, 0.6) is 5.75 Å². The van der Waals surface area contributed by atoms with E-state index in [9.17, 15) is 9.90 Å². The molecule has 3 rings (SSSR count). The minimum atomic E-state index is 0.00859. The Bertz CT molecular complexity index is 852. The van der Waals surface area contributed by atoms with Gasteiger partial charge in [-0.15, -0.1) is 0 Å². The van der Waals surface area contributed by atoms with Crippen molar-refractivity contribution in [1.29, 1.82) is 0 Å². The van der Waals surface area contributed by atoms with E-state index in [4.69, 9.17) is 0 Å². The van der Waals surface area contributed by atoms with Crippen LogP contribution in [0.3, 0.4) is 0 Å². The number of hydrogen-bond acceptors (Lipinski definition) is 2. The largest absolute Gasteiger partial charge is 0.508 e. The van der Waals surface area contributed by atoms with E-state index in [-0.39, 0.29) is 11.7 Å². The molecule has 0 aliphatic rings. The first-order valence-corrected chi connectivity index (χ1v) is 8.23. The van der Waals surface area contributed by atoms with Crippen LogP contribution in [0.4, 0.5) is 0 Å². The highest BCUT2D eigenvalue weighted by molar-refractivity contribution is 5.84. The van der Waals surface area contributed by atoms with Gasteiger partial charge in [-0.2, -0.15) is 0 Å². The fraction of sp³-hybridized carbons (Fsp3) is 0.250. The summed E-state index contributed by atoms with van der Waals surface area (Å²) in [5, 5.41) is 13.9. The molecule has 0 unspecified atom stereocenters. The highest BCUT2D eigenvalue weighted by atomic mass is 16.3. The minimum absolute atomic E-state index is 0.00859. The van der Waals surface area contributed by atoms with E-state index in [1.54, 1.807) is 12.1 Å². The van der Waals surface area contributed by atoms with Crippen molar-refractivity contribution in [2.24, 2.45) is 0 Å². The van der Waals surface area contributed by atoms with E-state index in [2.05, 4.69) is 35.4 Å². The van der Waals surface area contributed by atoms with Crippen molar-refractivity contribution in [3.05, 3.63) is 65.4 Å². The second-order valence-corrected chi connectivity index (χ2v) is 6.09. The van der Waals surface area contributed by atoms with Gasteiger partial charge in [0.2, 0.25) is 5.91 Å². The lowest BCUT2D eigenvalue weighted by Gasteiger charge is -2.06. The van der Waals surface area contributed by atoms with Crippen LogP contribution in [-0.2, 0) is 17.6 Å². The van der Waals surface area contributed by atoms with Crippen LogP contribution in [-0.4, -0.2) is 22.5 Å². The number of H-pyrrole nitrogens is 1. The molecule has 0 spiro atoms. The highest BCUT2D eigenvalue weighted by Crippen LogP contribution is 2.20. The Morgan fingerprint density at radius 2 is 1.96 bits per heavy atom. The van der Waals surface area contributed by atoms with E-state index >= 15 is 0 Å². The fourth-order valence-corrected chi connectivity index (χ4v) is 2.89. The van der Waals surface area contributed by atoms with Crippen LogP contribution in [0.15, 0.2) is 48.7 Å². The second kappa shape index (κ2) is 7.21. The SMILES string of the molecule is Cc1ccc2[nH]cc(CCNC(=O)CCc3ccccc3O)c2c1. The van der Waals surface area contributed by atoms with Gasteiger partial charge in [0, 0.05) is 30.1 Å². The summed E-state index contributed by atoms with van der Waals surface area (Å²) in [5.41, 5.74) is 4.38. The van der Waals surface area contributed by atoms with Crippen molar-refractivity contribution in [2.45, 2.75) is 26.2 Å². The predicted octanol–water partition coefficient (Wildman–Crippen LogP) is 3.47. The fourth-order valence-electron chi connectivity index (χ4n) is 2.89. The third-order valence-electron chi connectivity index (χ3n) is 4.25. The monoisotopic (exact) mass is 322 g/mol. The molecule has 0 aliphatic heterocycles. The van der Waals surface area contributed by atoms with Gasteiger partial charge < -0.3 is 15.4 Å². The van der Waals surface area contributed by atoms with Crippen molar-refractivity contribution in [3.8, 4) is 5.75 Å². The first kappa shape index (κ1) is 16.1. The average Bonchev–Trinajstić information content (AvgIpc) is 2.96. The Morgan fingerprint density at radius 1 is 1.12 bits per heavy atom. The molecule has 3 aromatic rings. The van der Waals surface area contributed by atoms with Gasteiger partial charge in [-0.05, 0) is 49.1 Å². The number of phenols is 1. The summed E-state index contributed by atoms with van der Waals surface area (Å²) in [6, 6.07) is 13.5. The van der Waals surface area contributed by atoms with Gasteiger partial charge >= 0.3 is 0 Å².